The Morgan fingerprint density at radius 3 is 2.87 bits per heavy atom. The van der Waals surface area contributed by atoms with E-state index in [0.29, 0.717) is 0 Å². The van der Waals surface area contributed by atoms with Crippen LogP contribution in [0.1, 0.15) is 18.3 Å². The Bertz CT molecular complexity index is 525. The van der Waals surface area contributed by atoms with Crippen LogP contribution in [-0.4, -0.2) is 15.4 Å². The average Bonchev–Trinajstić information content (AvgIpc) is 2.55. The van der Waals surface area contributed by atoms with Gasteiger partial charge in [-0.05, 0) is 18.2 Å². The molecule has 0 saturated carbocycles. The molecule has 4 heteroatoms. The second-order valence-electron chi connectivity index (χ2n) is 3.56. The minimum absolute atomic E-state index is 0.0937. The Kier molecular flexibility index (Phi) is 2.19. The summed E-state index contributed by atoms with van der Waals surface area (Å²) < 4.78 is 2.04. The highest BCUT2D eigenvalue weighted by Crippen LogP contribution is 2.16. The third-order valence-corrected chi connectivity index (χ3v) is 2.60. The molecule has 0 fully saturated rings. The number of nitrogens with one attached hydrogen (secondary N) is 1. The van der Waals surface area contributed by atoms with Crippen LogP contribution in [0, 0.1) is 5.41 Å². The first-order valence-corrected chi connectivity index (χ1v) is 4.93. The molecule has 0 radical (unpaired) electrons. The van der Waals surface area contributed by atoms with E-state index in [0.717, 1.165) is 28.8 Å². The Labute approximate surface area is 88.2 Å². The molecule has 3 N–H and O–H groups in total. The largest absolute Gasteiger partial charge is 0.384 e. The van der Waals surface area contributed by atoms with Crippen LogP contribution in [0.25, 0.3) is 11.0 Å². The molecule has 0 aliphatic heterocycles. The predicted molar refractivity (Wildman–Crippen MR) is 61.1 cm³/mol. The van der Waals surface area contributed by atoms with E-state index in [1.165, 1.54) is 0 Å². The van der Waals surface area contributed by atoms with Crippen LogP contribution < -0.4 is 5.73 Å². The first kappa shape index (κ1) is 9.71. The number of imidazole rings is 1. The topological polar surface area (TPSA) is 67.7 Å². The standard InChI is InChI=1S/C11H14N4/c1-3-10-14-8-5-4-7(11(12)13)6-9(8)15(10)2/h4-6H,3H2,1-2H3,(H3,12,13). The average molecular weight is 202 g/mol. The number of hydrogen-bond acceptors (Lipinski definition) is 2. The van der Waals surface area contributed by atoms with E-state index in [2.05, 4.69) is 11.9 Å². The molecule has 1 aromatic heterocycles. The molecule has 0 saturated heterocycles. The third-order valence-electron chi connectivity index (χ3n) is 2.60. The SMILES string of the molecule is CCc1nc2ccc(C(=N)N)cc2n1C. The molecule has 0 amide bonds. The van der Waals surface area contributed by atoms with Crippen molar-refractivity contribution in [3.8, 4) is 0 Å². The van der Waals surface area contributed by atoms with E-state index in [1.807, 2.05) is 29.8 Å². The minimum atomic E-state index is 0.0937. The number of nitrogen functional groups attached to an aromatic ring is 1. The number of fused-ring (bicyclic) bond motifs is 1. The summed E-state index contributed by atoms with van der Waals surface area (Å²) in [6.45, 7) is 2.08. The summed E-state index contributed by atoms with van der Waals surface area (Å²) in [5.41, 5.74) is 8.18. The van der Waals surface area contributed by atoms with Crippen molar-refractivity contribution in [2.24, 2.45) is 12.8 Å². The van der Waals surface area contributed by atoms with Crippen LogP contribution in [0.5, 0.6) is 0 Å². The van der Waals surface area contributed by atoms with Crippen molar-refractivity contribution >= 4 is 16.9 Å². The molecule has 0 aliphatic carbocycles. The maximum Gasteiger partial charge on any atom is 0.122 e. The maximum absolute atomic E-state index is 7.38. The monoisotopic (exact) mass is 202 g/mol. The molecule has 1 heterocycles. The Morgan fingerprint density at radius 1 is 1.53 bits per heavy atom. The van der Waals surface area contributed by atoms with E-state index >= 15 is 0 Å². The number of aromatic nitrogens is 2. The van der Waals surface area contributed by atoms with Gasteiger partial charge in [0.2, 0.25) is 0 Å². The highest BCUT2D eigenvalue weighted by molar-refractivity contribution is 5.98. The quantitative estimate of drug-likeness (QED) is 0.571. The lowest BCUT2D eigenvalue weighted by Gasteiger charge is -2.00. The lowest BCUT2D eigenvalue weighted by atomic mass is 10.2. The zero-order chi connectivity index (χ0) is 11.0. The summed E-state index contributed by atoms with van der Waals surface area (Å²) in [4.78, 5) is 4.48. The highest BCUT2D eigenvalue weighted by Gasteiger charge is 2.07. The number of rotatable bonds is 2. The van der Waals surface area contributed by atoms with Crippen LogP contribution in [0.4, 0.5) is 0 Å². The molecule has 0 unspecified atom stereocenters. The fraction of sp³-hybridized carbons (Fsp3) is 0.273. The van der Waals surface area contributed by atoms with Gasteiger partial charge in [0.15, 0.2) is 0 Å². The fourth-order valence-electron chi connectivity index (χ4n) is 1.72. The van der Waals surface area contributed by atoms with Crippen molar-refractivity contribution < 1.29 is 0 Å². The fourth-order valence-corrected chi connectivity index (χ4v) is 1.72. The van der Waals surface area contributed by atoms with Crippen molar-refractivity contribution in [3.63, 3.8) is 0 Å². The molecule has 2 rings (SSSR count). The smallest absolute Gasteiger partial charge is 0.122 e. The third kappa shape index (κ3) is 1.48. The number of amidine groups is 1. The molecule has 15 heavy (non-hydrogen) atoms. The molecule has 0 bridgehead atoms. The van der Waals surface area contributed by atoms with Gasteiger partial charge < -0.3 is 10.3 Å². The molecular formula is C11H14N4. The van der Waals surface area contributed by atoms with E-state index in [-0.39, 0.29) is 5.84 Å². The van der Waals surface area contributed by atoms with Crippen molar-refractivity contribution in [3.05, 3.63) is 29.6 Å². The number of nitrogens with two attached hydrogens (primary N) is 1. The first-order chi connectivity index (χ1) is 7.13. The van der Waals surface area contributed by atoms with Gasteiger partial charge in [-0.25, -0.2) is 4.98 Å². The number of nitrogens with zero attached hydrogens (tertiary/aromatic N) is 2. The number of aryl methyl sites for hydroxylation is 2. The van der Waals surface area contributed by atoms with E-state index in [1.54, 1.807) is 0 Å². The molecule has 0 atom stereocenters. The highest BCUT2D eigenvalue weighted by atomic mass is 15.1. The van der Waals surface area contributed by atoms with Gasteiger partial charge in [-0.3, -0.25) is 5.41 Å². The molecular weight excluding hydrogens is 188 g/mol. The van der Waals surface area contributed by atoms with Crippen LogP contribution >= 0.6 is 0 Å². The summed E-state index contributed by atoms with van der Waals surface area (Å²) in [6.07, 6.45) is 0.903. The molecule has 1 aromatic carbocycles. The number of hydrogen-bond donors (Lipinski definition) is 2. The van der Waals surface area contributed by atoms with Crippen LogP contribution in [0.15, 0.2) is 18.2 Å². The lowest BCUT2D eigenvalue weighted by Crippen LogP contribution is -2.10. The first-order valence-electron chi connectivity index (χ1n) is 4.93. The lowest BCUT2D eigenvalue weighted by molar-refractivity contribution is 0.829. The van der Waals surface area contributed by atoms with Crippen molar-refractivity contribution in [1.29, 1.82) is 5.41 Å². The van der Waals surface area contributed by atoms with Gasteiger partial charge in [0.05, 0.1) is 11.0 Å². The van der Waals surface area contributed by atoms with Gasteiger partial charge in [0.25, 0.3) is 0 Å². The summed E-state index contributed by atoms with van der Waals surface area (Å²) in [6, 6.07) is 5.64. The van der Waals surface area contributed by atoms with Gasteiger partial charge >= 0.3 is 0 Å². The Hall–Kier alpha value is -1.84. The summed E-state index contributed by atoms with van der Waals surface area (Å²) in [5.74, 6) is 1.14. The predicted octanol–water partition coefficient (Wildman–Crippen LogP) is 1.42. The second kappa shape index (κ2) is 3.38. The van der Waals surface area contributed by atoms with Crippen molar-refractivity contribution in [1.82, 2.24) is 9.55 Å². The molecule has 2 aromatic rings. The van der Waals surface area contributed by atoms with E-state index in [9.17, 15) is 0 Å². The zero-order valence-electron chi connectivity index (χ0n) is 8.91. The second-order valence-corrected chi connectivity index (χ2v) is 3.56. The molecule has 4 nitrogen and oxygen atoms in total. The summed E-state index contributed by atoms with van der Waals surface area (Å²) in [7, 11) is 1.98. The molecule has 78 valence electrons. The van der Waals surface area contributed by atoms with Crippen LogP contribution in [0.2, 0.25) is 0 Å². The molecule has 0 spiro atoms. The van der Waals surface area contributed by atoms with Gasteiger partial charge in [0, 0.05) is 19.0 Å². The maximum atomic E-state index is 7.38. The number of benzene rings is 1. The van der Waals surface area contributed by atoms with Gasteiger partial charge in [-0.2, -0.15) is 0 Å². The molecule has 0 aliphatic rings. The Morgan fingerprint density at radius 2 is 2.27 bits per heavy atom. The Balaban J connectivity index is 2.70. The summed E-state index contributed by atoms with van der Waals surface area (Å²) in [5, 5.41) is 7.38. The van der Waals surface area contributed by atoms with E-state index < -0.39 is 0 Å². The van der Waals surface area contributed by atoms with Crippen LogP contribution in [-0.2, 0) is 13.5 Å². The van der Waals surface area contributed by atoms with E-state index in [4.69, 9.17) is 11.1 Å². The summed E-state index contributed by atoms with van der Waals surface area (Å²) >= 11 is 0. The van der Waals surface area contributed by atoms with Gasteiger partial charge in [-0.15, -0.1) is 0 Å². The van der Waals surface area contributed by atoms with Crippen LogP contribution in [0.3, 0.4) is 0 Å². The normalized spacial score (nSPS) is 10.8. The van der Waals surface area contributed by atoms with Crippen molar-refractivity contribution in [2.45, 2.75) is 13.3 Å². The van der Waals surface area contributed by atoms with Gasteiger partial charge in [0.1, 0.15) is 11.7 Å². The van der Waals surface area contributed by atoms with Crippen molar-refractivity contribution in [2.75, 3.05) is 0 Å². The van der Waals surface area contributed by atoms with Gasteiger partial charge in [-0.1, -0.05) is 6.92 Å². The zero-order valence-corrected chi connectivity index (χ0v) is 8.91. The minimum Gasteiger partial charge on any atom is -0.384 e.